The Morgan fingerprint density at radius 3 is 2.59 bits per heavy atom. The van der Waals surface area contributed by atoms with Gasteiger partial charge in [0.15, 0.2) is 0 Å². The van der Waals surface area contributed by atoms with Crippen LogP contribution in [0.5, 0.6) is 0 Å². The summed E-state index contributed by atoms with van der Waals surface area (Å²) in [5.41, 5.74) is 0.534. The van der Waals surface area contributed by atoms with E-state index in [1.807, 2.05) is 12.1 Å². The molecule has 1 aliphatic heterocycles. The number of alkyl halides is 1. The number of carbonyl (C=O) groups excluding carboxylic acids is 1. The predicted octanol–water partition coefficient (Wildman–Crippen LogP) is 3.89. The molecule has 4 unspecified atom stereocenters. The molecular formula is C21H31Cl2FN4O. The Morgan fingerprint density at radius 1 is 1.28 bits per heavy atom. The zero-order chi connectivity index (χ0) is 21.2. The van der Waals surface area contributed by atoms with E-state index in [1.54, 1.807) is 20.2 Å². The van der Waals surface area contributed by atoms with Gasteiger partial charge in [0.05, 0.1) is 16.1 Å². The minimum Gasteiger partial charge on any atom is -0.332 e. The van der Waals surface area contributed by atoms with E-state index < -0.39 is 17.8 Å². The number of piperazine rings is 1. The molecule has 1 saturated carbocycles. The predicted molar refractivity (Wildman–Crippen MR) is 117 cm³/mol. The van der Waals surface area contributed by atoms with E-state index in [4.69, 9.17) is 23.2 Å². The van der Waals surface area contributed by atoms with Crippen LogP contribution in [0.4, 0.5) is 9.18 Å². The first kappa shape index (κ1) is 22.6. The van der Waals surface area contributed by atoms with Crippen LogP contribution < -0.4 is 10.6 Å². The average molecular weight is 445 g/mol. The van der Waals surface area contributed by atoms with Crippen LogP contribution in [0.3, 0.4) is 0 Å². The summed E-state index contributed by atoms with van der Waals surface area (Å²) < 4.78 is 15.2. The first-order valence-electron chi connectivity index (χ1n) is 10.3. The summed E-state index contributed by atoms with van der Waals surface area (Å²) in [4.78, 5) is 15.8. The number of urea groups is 1. The first-order chi connectivity index (χ1) is 13.7. The Bertz CT molecular complexity index is 729. The molecule has 1 aromatic rings. The van der Waals surface area contributed by atoms with E-state index in [-0.39, 0.29) is 11.9 Å². The molecule has 0 spiro atoms. The average Bonchev–Trinajstić information content (AvgIpc) is 2.71. The monoisotopic (exact) mass is 444 g/mol. The molecule has 8 heteroatoms. The molecule has 1 saturated heterocycles. The van der Waals surface area contributed by atoms with Crippen molar-refractivity contribution in [3.05, 3.63) is 33.8 Å². The van der Waals surface area contributed by atoms with E-state index in [0.29, 0.717) is 22.9 Å². The molecule has 2 fully saturated rings. The molecule has 1 aliphatic carbocycles. The SMILES string of the molecule is CN(C)C(=O)NC1CCC(C(C)(c2cccc(Cl)c2Cl)N2CCNCC2)CC1F. The van der Waals surface area contributed by atoms with Crippen molar-refractivity contribution in [1.82, 2.24) is 20.4 Å². The quantitative estimate of drug-likeness (QED) is 0.740. The van der Waals surface area contributed by atoms with Crippen molar-refractivity contribution in [1.29, 1.82) is 0 Å². The Morgan fingerprint density at radius 2 is 1.97 bits per heavy atom. The van der Waals surface area contributed by atoms with E-state index >= 15 is 4.39 Å². The number of hydrogen-bond acceptors (Lipinski definition) is 3. The maximum Gasteiger partial charge on any atom is 0.317 e. The lowest BCUT2D eigenvalue weighted by Crippen LogP contribution is -2.58. The molecule has 5 nitrogen and oxygen atoms in total. The summed E-state index contributed by atoms with van der Waals surface area (Å²) in [6.45, 7) is 5.69. The summed E-state index contributed by atoms with van der Waals surface area (Å²) >= 11 is 13.0. The molecule has 162 valence electrons. The highest BCUT2D eigenvalue weighted by Crippen LogP contribution is 2.47. The van der Waals surface area contributed by atoms with Gasteiger partial charge in [0, 0.05) is 45.8 Å². The fraction of sp³-hybridized carbons (Fsp3) is 0.667. The van der Waals surface area contributed by atoms with Gasteiger partial charge in [-0.25, -0.2) is 9.18 Å². The Labute approximate surface area is 182 Å². The largest absolute Gasteiger partial charge is 0.332 e. The third-order valence-electron chi connectivity index (χ3n) is 6.55. The smallest absolute Gasteiger partial charge is 0.317 e. The number of nitrogens with one attached hydrogen (secondary N) is 2. The molecule has 29 heavy (non-hydrogen) atoms. The van der Waals surface area contributed by atoms with Gasteiger partial charge in [-0.2, -0.15) is 0 Å². The van der Waals surface area contributed by atoms with Crippen molar-refractivity contribution in [2.45, 2.75) is 43.9 Å². The summed E-state index contributed by atoms with van der Waals surface area (Å²) in [6, 6.07) is 5.02. The van der Waals surface area contributed by atoms with Gasteiger partial charge in [-0.15, -0.1) is 0 Å². The minimum atomic E-state index is -1.10. The van der Waals surface area contributed by atoms with Crippen LogP contribution in [0.1, 0.15) is 31.7 Å². The third-order valence-corrected chi connectivity index (χ3v) is 7.37. The van der Waals surface area contributed by atoms with E-state index in [9.17, 15) is 4.79 Å². The molecule has 0 radical (unpaired) electrons. The summed E-state index contributed by atoms with van der Waals surface area (Å²) in [6.07, 6.45) is 0.687. The fourth-order valence-corrected chi connectivity index (χ4v) is 5.24. The minimum absolute atomic E-state index is 0.0686. The Balaban J connectivity index is 1.88. The van der Waals surface area contributed by atoms with Gasteiger partial charge in [0.25, 0.3) is 0 Å². The highest BCUT2D eigenvalue weighted by atomic mass is 35.5. The molecule has 2 N–H and O–H groups in total. The molecule has 1 heterocycles. The lowest BCUT2D eigenvalue weighted by molar-refractivity contribution is -0.00558. The maximum absolute atomic E-state index is 15.2. The van der Waals surface area contributed by atoms with E-state index in [1.165, 1.54) is 4.90 Å². The van der Waals surface area contributed by atoms with Gasteiger partial charge in [-0.1, -0.05) is 35.3 Å². The number of rotatable bonds is 4. The van der Waals surface area contributed by atoms with Crippen LogP contribution in [0.2, 0.25) is 10.0 Å². The van der Waals surface area contributed by atoms with Gasteiger partial charge in [-0.3, -0.25) is 4.90 Å². The molecule has 0 bridgehead atoms. The van der Waals surface area contributed by atoms with Crippen molar-refractivity contribution in [3.8, 4) is 0 Å². The second-order valence-corrected chi connectivity index (χ2v) is 9.25. The standard InChI is InChI=1S/C21H31Cl2FN4O/c1-21(28-11-9-25-10-12-28,15-5-4-6-16(22)19(15)23)14-7-8-18(17(24)13-14)26-20(29)27(2)3/h4-6,14,17-18,25H,7-13H2,1-3H3,(H,26,29). The zero-order valence-corrected chi connectivity index (χ0v) is 18.9. The molecular weight excluding hydrogens is 414 g/mol. The maximum atomic E-state index is 15.2. The lowest BCUT2D eigenvalue weighted by Gasteiger charge is -2.51. The molecule has 0 aromatic heterocycles. The van der Waals surface area contributed by atoms with Gasteiger partial charge >= 0.3 is 6.03 Å². The Hall–Kier alpha value is -1.08. The van der Waals surface area contributed by atoms with Crippen molar-refractivity contribution >= 4 is 29.2 Å². The van der Waals surface area contributed by atoms with Crippen LogP contribution in [-0.4, -0.2) is 68.3 Å². The number of benzene rings is 1. The topological polar surface area (TPSA) is 47.6 Å². The fourth-order valence-electron chi connectivity index (χ4n) is 4.75. The van der Waals surface area contributed by atoms with Crippen molar-refractivity contribution in [2.24, 2.45) is 5.92 Å². The van der Waals surface area contributed by atoms with Gasteiger partial charge in [0.2, 0.25) is 0 Å². The van der Waals surface area contributed by atoms with Crippen LogP contribution in [0, 0.1) is 5.92 Å². The first-order valence-corrected chi connectivity index (χ1v) is 11.0. The van der Waals surface area contributed by atoms with Crippen molar-refractivity contribution in [3.63, 3.8) is 0 Å². The molecule has 1 aromatic carbocycles. The molecule has 3 rings (SSSR count). The third kappa shape index (κ3) is 4.66. The van der Waals surface area contributed by atoms with Crippen LogP contribution >= 0.6 is 23.2 Å². The van der Waals surface area contributed by atoms with E-state index in [2.05, 4.69) is 22.5 Å². The van der Waals surface area contributed by atoms with Gasteiger partial charge in [0.1, 0.15) is 6.17 Å². The number of nitrogens with zero attached hydrogens (tertiary/aromatic N) is 2. The summed E-state index contributed by atoms with van der Waals surface area (Å²) in [5.74, 6) is 0.0686. The number of hydrogen-bond donors (Lipinski definition) is 2. The lowest BCUT2D eigenvalue weighted by atomic mass is 9.69. The van der Waals surface area contributed by atoms with Crippen LogP contribution in [0.25, 0.3) is 0 Å². The zero-order valence-electron chi connectivity index (χ0n) is 17.4. The van der Waals surface area contributed by atoms with E-state index in [0.717, 1.165) is 38.2 Å². The number of carbonyl (C=O) groups is 1. The number of amides is 2. The van der Waals surface area contributed by atoms with Gasteiger partial charge < -0.3 is 15.5 Å². The second-order valence-electron chi connectivity index (χ2n) is 8.46. The summed E-state index contributed by atoms with van der Waals surface area (Å²) in [5, 5.41) is 7.28. The second kappa shape index (κ2) is 9.38. The highest BCUT2D eigenvalue weighted by Gasteiger charge is 2.47. The molecule has 4 atom stereocenters. The summed E-state index contributed by atoms with van der Waals surface area (Å²) in [7, 11) is 3.33. The Kier molecular flexibility index (Phi) is 7.31. The van der Waals surface area contributed by atoms with Crippen molar-refractivity contribution in [2.75, 3.05) is 40.3 Å². The van der Waals surface area contributed by atoms with Crippen molar-refractivity contribution < 1.29 is 9.18 Å². The normalized spacial score (nSPS) is 27.9. The number of halogens is 3. The van der Waals surface area contributed by atoms with Crippen LogP contribution in [-0.2, 0) is 5.54 Å². The highest BCUT2D eigenvalue weighted by molar-refractivity contribution is 6.42. The molecule has 2 aliphatic rings. The molecule has 2 amide bonds. The van der Waals surface area contributed by atoms with Crippen LogP contribution in [0.15, 0.2) is 18.2 Å². The van der Waals surface area contributed by atoms with Gasteiger partial charge in [-0.05, 0) is 43.7 Å².